The van der Waals surface area contributed by atoms with Crippen molar-refractivity contribution in [2.24, 2.45) is 46.3 Å². The zero-order valence-electron chi connectivity index (χ0n) is 31.1. The standard InChI is InChI=1S/C39H60O13/c1-17-8-11-39(47-16-17)18(2)28-25(52-39)13-24-22-7-6-20-12-21(9-10-37(20,4)23(22)14-27(41)38(24,28)5)49-35-33(46)31(44)34(19(3)48-35)51-36-32(45)30(43)29(42)26(15-40)50-36/h6,17-19,21-26,28-36,40,42-46H,7-16H2,1-5H3. The van der Waals surface area contributed by atoms with Crippen molar-refractivity contribution in [3.8, 4) is 0 Å². The number of Topliss-reactive ketones (excluding diaryl/α,β-unsaturated/α-hetero) is 1. The van der Waals surface area contributed by atoms with E-state index in [9.17, 15) is 35.4 Å². The van der Waals surface area contributed by atoms with E-state index in [2.05, 4.69) is 33.8 Å². The molecule has 1 spiro atoms. The van der Waals surface area contributed by atoms with Crippen LogP contribution in [-0.2, 0) is 33.2 Å². The van der Waals surface area contributed by atoms with Crippen LogP contribution in [-0.4, -0.2) is 129 Å². The van der Waals surface area contributed by atoms with Gasteiger partial charge in [-0.1, -0.05) is 39.3 Å². The van der Waals surface area contributed by atoms with Crippen LogP contribution in [0.4, 0.5) is 0 Å². The summed E-state index contributed by atoms with van der Waals surface area (Å²) in [5.74, 6) is 1.61. The van der Waals surface area contributed by atoms with Crippen molar-refractivity contribution in [1.82, 2.24) is 0 Å². The first kappa shape index (κ1) is 37.8. The lowest BCUT2D eigenvalue weighted by Gasteiger charge is -2.58. The Kier molecular flexibility index (Phi) is 9.86. The maximum atomic E-state index is 14.5. The molecule has 0 radical (unpaired) electrons. The van der Waals surface area contributed by atoms with Crippen molar-refractivity contribution in [3.05, 3.63) is 11.6 Å². The highest BCUT2D eigenvalue weighted by molar-refractivity contribution is 5.87. The number of rotatable bonds is 5. The molecule has 52 heavy (non-hydrogen) atoms. The largest absolute Gasteiger partial charge is 0.394 e. The lowest BCUT2D eigenvalue weighted by atomic mass is 9.46. The summed E-state index contributed by atoms with van der Waals surface area (Å²) < 4.78 is 36.9. The molecule has 4 heterocycles. The Balaban J connectivity index is 0.919. The number of ketones is 1. The maximum absolute atomic E-state index is 14.5. The fourth-order valence-corrected chi connectivity index (χ4v) is 12.3. The van der Waals surface area contributed by atoms with Gasteiger partial charge in [-0.2, -0.15) is 0 Å². The van der Waals surface area contributed by atoms with Gasteiger partial charge in [0.05, 0.1) is 31.5 Å². The molecule has 7 fully saturated rings. The second-order valence-corrected chi connectivity index (χ2v) is 18.1. The monoisotopic (exact) mass is 736 g/mol. The molecular formula is C39H60O13. The molecule has 21 unspecified atom stereocenters. The number of aliphatic hydroxyl groups excluding tert-OH is 6. The van der Waals surface area contributed by atoms with Crippen molar-refractivity contribution in [3.63, 3.8) is 0 Å². The number of fused-ring (bicyclic) bond motifs is 7. The SMILES string of the molecule is CC1CCC2(OC1)OC1CC3C4CC=C5CC(OC6OC(C)C(OC7OC(CO)C(O)C(O)C7O)C(O)C6O)CCC5(C)C4CC(=O)C3(C)C1C2C. The number of aliphatic hydroxyl groups is 6. The van der Waals surface area contributed by atoms with Gasteiger partial charge in [-0.15, -0.1) is 0 Å². The minimum atomic E-state index is -1.66. The number of hydrogen-bond donors (Lipinski definition) is 6. The van der Waals surface area contributed by atoms with E-state index in [0.717, 1.165) is 32.1 Å². The van der Waals surface area contributed by atoms with E-state index >= 15 is 0 Å². The van der Waals surface area contributed by atoms with E-state index < -0.39 is 79.2 Å². The first-order valence-corrected chi connectivity index (χ1v) is 19.8. The first-order valence-electron chi connectivity index (χ1n) is 19.8. The van der Waals surface area contributed by atoms with Gasteiger partial charge in [-0.3, -0.25) is 4.79 Å². The van der Waals surface area contributed by atoms with Crippen LogP contribution in [0, 0.1) is 46.3 Å². The van der Waals surface area contributed by atoms with E-state index in [1.165, 1.54) is 5.57 Å². The predicted octanol–water partition coefficient (Wildman–Crippen LogP) is 1.57. The number of carbonyl (C=O) groups excluding carboxylic acids is 1. The Morgan fingerprint density at radius 1 is 0.865 bits per heavy atom. The molecule has 0 aromatic carbocycles. The van der Waals surface area contributed by atoms with Crippen LogP contribution in [0.25, 0.3) is 0 Å². The summed E-state index contributed by atoms with van der Waals surface area (Å²) in [6, 6.07) is 0. The summed E-state index contributed by atoms with van der Waals surface area (Å²) >= 11 is 0. The van der Waals surface area contributed by atoms with Gasteiger partial charge in [0.1, 0.15) is 48.5 Å². The van der Waals surface area contributed by atoms with E-state index in [0.29, 0.717) is 43.5 Å². The number of hydrogen-bond acceptors (Lipinski definition) is 13. The Hall–Kier alpha value is -1.07. The average Bonchev–Trinajstić information content (AvgIpc) is 3.57. The number of allylic oxidation sites excluding steroid dienone is 1. The Morgan fingerprint density at radius 3 is 2.31 bits per heavy atom. The maximum Gasteiger partial charge on any atom is 0.187 e. The van der Waals surface area contributed by atoms with Gasteiger partial charge < -0.3 is 59.1 Å². The molecule has 8 aliphatic rings. The van der Waals surface area contributed by atoms with E-state index in [1.807, 2.05) is 0 Å². The van der Waals surface area contributed by atoms with Gasteiger partial charge >= 0.3 is 0 Å². The second kappa shape index (κ2) is 13.5. The van der Waals surface area contributed by atoms with Gasteiger partial charge in [0, 0.05) is 30.1 Å². The molecule has 3 saturated carbocycles. The zero-order valence-corrected chi connectivity index (χ0v) is 31.1. The Morgan fingerprint density at radius 2 is 1.60 bits per heavy atom. The van der Waals surface area contributed by atoms with Gasteiger partial charge in [0.15, 0.2) is 18.4 Å². The highest BCUT2D eigenvalue weighted by Crippen LogP contribution is 2.69. The van der Waals surface area contributed by atoms with Gasteiger partial charge in [0.2, 0.25) is 0 Å². The molecule has 0 bridgehead atoms. The van der Waals surface area contributed by atoms with Crippen molar-refractivity contribution >= 4 is 5.78 Å². The minimum absolute atomic E-state index is 0.0466. The van der Waals surface area contributed by atoms with Crippen LogP contribution in [0.15, 0.2) is 11.6 Å². The number of carbonyl (C=O) groups is 1. The molecule has 8 rings (SSSR count). The lowest BCUT2D eigenvalue weighted by molar-refractivity contribution is -0.359. The van der Waals surface area contributed by atoms with E-state index in [1.54, 1.807) is 6.92 Å². The van der Waals surface area contributed by atoms with Crippen LogP contribution in [0.5, 0.6) is 0 Å². The van der Waals surface area contributed by atoms with Crippen molar-refractivity contribution in [1.29, 1.82) is 0 Å². The smallest absolute Gasteiger partial charge is 0.187 e. The van der Waals surface area contributed by atoms with Crippen LogP contribution in [0.2, 0.25) is 0 Å². The molecule has 4 saturated heterocycles. The van der Waals surface area contributed by atoms with Crippen LogP contribution >= 0.6 is 0 Å². The summed E-state index contributed by atoms with van der Waals surface area (Å²) in [5, 5.41) is 62.5. The minimum Gasteiger partial charge on any atom is -0.394 e. The Bertz CT molecular complexity index is 1380. The van der Waals surface area contributed by atoms with Crippen molar-refractivity contribution in [2.75, 3.05) is 13.2 Å². The van der Waals surface area contributed by atoms with Crippen molar-refractivity contribution < 1.29 is 63.9 Å². The second-order valence-electron chi connectivity index (χ2n) is 18.1. The normalized spacial score (nSPS) is 57.5. The molecular weight excluding hydrogens is 676 g/mol. The summed E-state index contributed by atoms with van der Waals surface area (Å²) in [5.41, 5.74) is 0.729. The molecule has 0 amide bonds. The van der Waals surface area contributed by atoms with Gasteiger partial charge in [0.25, 0.3) is 0 Å². The molecule has 4 aliphatic heterocycles. The van der Waals surface area contributed by atoms with Crippen LogP contribution in [0.3, 0.4) is 0 Å². The fourth-order valence-electron chi connectivity index (χ4n) is 12.3. The fraction of sp³-hybridized carbons (Fsp3) is 0.923. The third kappa shape index (κ3) is 5.66. The third-order valence-electron chi connectivity index (χ3n) is 15.4. The molecule has 13 nitrogen and oxygen atoms in total. The molecule has 21 atom stereocenters. The highest BCUT2D eigenvalue weighted by Gasteiger charge is 2.71. The summed E-state index contributed by atoms with van der Waals surface area (Å²) in [6.45, 7) is 10.8. The molecule has 13 heteroatoms. The van der Waals surface area contributed by atoms with Crippen molar-refractivity contribution in [2.45, 2.75) is 165 Å². The van der Waals surface area contributed by atoms with Gasteiger partial charge in [-0.25, -0.2) is 0 Å². The van der Waals surface area contributed by atoms with E-state index in [-0.39, 0.29) is 41.3 Å². The Labute approximate surface area is 305 Å². The number of ether oxygens (including phenoxy) is 6. The molecule has 0 aromatic heterocycles. The molecule has 0 aromatic rings. The summed E-state index contributed by atoms with van der Waals surface area (Å²) in [6.07, 6.45) is -4.85. The summed E-state index contributed by atoms with van der Waals surface area (Å²) in [7, 11) is 0. The highest BCUT2D eigenvalue weighted by atomic mass is 16.7. The zero-order chi connectivity index (χ0) is 37.1. The molecule has 6 N–H and O–H groups in total. The average molecular weight is 737 g/mol. The first-order chi connectivity index (χ1) is 24.6. The predicted molar refractivity (Wildman–Crippen MR) is 182 cm³/mol. The quantitative estimate of drug-likeness (QED) is 0.223. The summed E-state index contributed by atoms with van der Waals surface area (Å²) in [4.78, 5) is 14.5. The van der Waals surface area contributed by atoms with Gasteiger partial charge in [-0.05, 0) is 74.5 Å². The molecule has 4 aliphatic carbocycles. The third-order valence-corrected chi connectivity index (χ3v) is 15.4. The van der Waals surface area contributed by atoms with Crippen LogP contribution < -0.4 is 0 Å². The van der Waals surface area contributed by atoms with E-state index in [4.69, 9.17) is 28.4 Å². The van der Waals surface area contributed by atoms with Crippen LogP contribution in [0.1, 0.15) is 86.0 Å². The topological polar surface area (TPSA) is 194 Å². The lowest BCUT2D eigenvalue weighted by Crippen LogP contribution is -2.64. The molecule has 294 valence electrons.